The number of hydrogen-bond acceptors (Lipinski definition) is 6. The summed E-state index contributed by atoms with van der Waals surface area (Å²) in [6.07, 6.45) is 2.04. The summed E-state index contributed by atoms with van der Waals surface area (Å²) < 4.78 is 11.9. The molecule has 6 nitrogen and oxygen atoms in total. The van der Waals surface area contributed by atoms with Gasteiger partial charge in [0, 0.05) is 22.2 Å². The van der Waals surface area contributed by atoms with E-state index in [1.807, 2.05) is 60.7 Å². The van der Waals surface area contributed by atoms with Gasteiger partial charge in [-0.15, -0.1) is 0 Å². The van der Waals surface area contributed by atoms with Crippen molar-refractivity contribution in [2.45, 2.75) is 37.1 Å². The molecule has 0 saturated heterocycles. The molecule has 4 rings (SSSR count). The first-order chi connectivity index (χ1) is 20.0. The third kappa shape index (κ3) is 7.09. The van der Waals surface area contributed by atoms with Crippen LogP contribution < -0.4 is 11.5 Å². The highest BCUT2D eigenvalue weighted by Crippen LogP contribution is 2.39. The van der Waals surface area contributed by atoms with Crippen molar-refractivity contribution >= 4 is 35.1 Å². The largest absolute Gasteiger partial charge is 0.449 e. The zero-order chi connectivity index (χ0) is 30.3. The first kappa shape index (κ1) is 31.0. The highest BCUT2D eigenvalue weighted by Gasteiger charge is 2.40. The average molecular weight is 604 g/mol. The number of esters is 2. The second-order valence-electron chi connectivity index (χ2n) is 10.2. The van der Waals surface area contributed by atoms with Crippen LogP contribution in [0.3, 0.4) is 0 Å². The number of rotatable bonds is 10. The van der Waals surface area contributed by atoms with Crippen LogP contribution in [0.25, 0.3) is 0 Å². The summed E-state index contributed by atoms with van der Waals surface area (Å²) in [5.74, 6) is -1.56. The van der Waals surface area contributed by atoms with Crippen LogP contribution in [0.4, 0.5) is 0 Å². The fraction of sp³-hybridized carbons (Fsp3) is 0.176. The minimum atomic E-state index is -1.29. The summed E-state index contributed by atoms with van der Waals surface area (Å²) in [6, 6.07) is 30.9. The summed E-state index contributed by atoms with van der Waals surface area (Å²) in [7, 11) is 0. The van der Waals surface area contributed by atoms with Crippen molar-refractivity contribution in [3.63, 3.8) is 0 Å². The Labute approximate surface area is 255 Å². The maximum absolute atomic E-state index is 13.1. The lowest BCUT2D eigenvalue weighted by Crippen LogP contribution is -2.40. The van der Waals surface area contributed by atoms with E-state index in [1.165, 1.54) is 0 Å². The molecule has 0 bridgehead atoms. The molecule has 0 aliphatic heterocycles. The van der Waals surface area contributed by atoms with Crippen molar-refractivity contribution in [3.05, 3.63) is 154 Å². The molecular weight excluding hydrogens is 571 g/mol. The molecular formula is C34H32Cl2N2O4. The Balaban J connectivity index is 1.58. The van der Waals surface area contributed by atoms with Gasteiger partial charge in [-0.2, -0.15) is 0 Å². The molecule has 4 unspecified atom stereocenters. The molecule has 42 heavy (non-hydrogen) atoms. The first-order valence-corrected chi connectivity index (χ1v) is 14.1. The van der Waals surface area contributed by atoms with Crippen LogP contribution in [0.2, 0.25) is 10.0 Å². The number of carbonyl (C=O) groups excluding carboxylic acids is 2. The Morgan fingerprint density at radius 1 is 0.595 bits per heavy atom. The smallest absolute Gasteiger partial charge is 0.331 e. The Bertz CT molecular complexity index is 1410. The van der Waals surface area contributed by atoms with Crippen LogP contribution in [0, 0.1) is 0 Å². The van der Waals surface area contributed by atoms with Crippen molar-refractivity contribution < 1.29 is 19.1 Å². The predicted octanol–water partition coefficient (Wildman–Crippen LogP) is 7.17. The van der Waals surface area contributed by atoms with Gasteiger partial charge in [-0.3, -0.25) is 0 Å². The molecule has 216 valence electrons. The summed E-state index contributed by atoms with van der Waals surface area (Å²) in [5, 5.41) is 1.06. The summed E-state index contributed by atoms with van der Waals surface area (Å²) in [5.41, 5.74) is 13.5. The Hall–Kier alpha value is -3.94. The van der Waals surface area contributed by atoms with Gasteiger partial charge in [0.15, 0.2) is 11.2 Å². The molecule has 4 N–H and O–H groups in total. The number of carbonyl (C=O) groups is 2. The van der Waals surface area contributed by atoms with Gasteiger partial charge in [0.05, 0.1) is 12.1 Å². The van der Waals surface area contributed by atoms with E-state index >= 15 is 0 Å². The molecule has 4 atom stereocenters. The van der Waals surface area contributed by atoms with Crippen molar-refractivity contribution in [2.75, 3.05) is 0 Å². The number of nitrogens with two attached hydrogens (primary N) is 2. The lowest BCUT2D eigenvalue weighted by molar-refractivity contribution is -0.158. The summed E-state index contributed by atoms with van der Waals surface area (Å²) in [6.45, 7) is 3.43. The highest BCUT2D eigenvalue weighted by atomic mass is 35.5. The molecule has 4 aromatic rings. The van der Waals surface area contributed by atoms with Gasteiger partial charge in [0.1, 0.15) is 0 Å². The molecule has 0 heterocycles. The standard InChI is InChI=1S/C34H32Cl2N2O4/c1-33(25-13-17-27(35)18-14-25,31(37)23-9-5-3-6-10-23)41-29(39)21-22-30(40)42-34(2,26-15-19-28(36)20-16-26)32(38)24-11-7-4-8-12-24/h3-22,31-32H,37-38H2,1-2H3/b22-21-. The first-order valence-electron chi connectivity index (χ1n) is 13.3. The maximum atomic E-state index is 13.1. The quantitative estimate of drug-likeness (QED) is 0.147. The van der Waals surface area contributed by atoms with E-state index in [1.54, 1.807) is 62.4 Å². The number of ether oxygens (including phenoxy) is 2. The van der Waals surface area contributed by atoms with Crippen LogP contribution in [0.5, 0.6) is 0 Å². The van der Waals surface area contributed by atoms with E-state index < -0.39 is 35.2 Å². The van der Waals surface area contributed by atoms with Gasteiger partial charge in [-0.05, 0) is 60.4 Å². The average Bonchev–Trinajstić information content (AvgIpc) is 3.00. The van der Waals surface area contributed by atoms with Gasteiger partial charge < -0.3 is 20.9 Å². The van der Waals surface area contributed by atoms with E-state index in [2.05, 4.69) is 0 Å². The minimum Gasteiger partial charge on any atom is -0.449 e. The van der Waals surface area contributed by atoms with E-state index in [0.717, 1.165) is 23.3 Å². The zero-order valence-corrected chi connectivity index (χ0v) is 24.8. The Morgan fingerprint density at radius 2 is 0.905 bits per heavy atom. The van der Waals surface area contributed by atoms with Gasteiger partial charge in [-0.25, -0.2) is 9.59 Å². The molecule has 0 amide bonds. The molecule has 0 fully saturated rings. The molecule has 4 aromatic carbocycles. The fourth-order valence-electron chi connectivity index (χ4n) is 4.74. The molecule has 0 aromatic heterocycles. The van der Waals surface area contributed by atoms with Crippen LogP contribution >= 0.6 is 23.2 Å². The molecule has 0 saturated carbocycles. The zero-order valence-electron chi connectivity index (χ0n) is 23.2. The van der Waals surface area contributed by atoms with Gasteiger partial charge in [-0.1, -0.05) is 108 Å². The summed E-state index contributed by atoms with van der Waals surface area (Å²) >= 11 is 12.2. The summed E-state index contributed by atoms with van der Waals surface area (Å²) in [4.78, 5) is 26.3. The Kier molecular flexibility index (Phi) is 9.86. The fourth-order valence-corrected chi connectivity index (χ4v) is 5.00. The molecule has 0 spiro atoms. The van der Waals surface area contributed by atoms with Gasteiger partial charge in [0.2, 0.25) is 0 Å². The van der Waals surface area contributed by atoms with Crippen LogP contribution in [-0.4, -0.2) is 11.9 Å². The van der Waals surface area contributed by atoms with Crippen LogP contribution in [0.1, 0.15) is 48.2 Å². The molecule has 0 aliphatic carbocycles. The van der Waals surface area contributed by atoms with E-state index in [0.29, 0.717) is 21.2 Å². The minimum absolute atomic E-state index is 0.529. The molecule has 8 heteroatoms. The SMILES string of the molecule is CC(OC(=O)/C=C\C(=O)OC(C)(c1ccc(Cl)cc1)C(N)c1ccccc1)(c1ccc(Cl)cc1)C(N)c1ccccc1. The molecule has 0 aliphatic rings. The van der Waals surface area contributed by atoms with Crippen molar-refractivity contribution in [1.29, 1.82) is 0 Å². The lowest BCUT2D eigenvalue weighted by Gasteiger charge is -2.36. The number of hydrogen-bond donors (Lipinski definition) is 2. The predicted molar refractivity (Wildman–Crippen MR) is 166 cm³/mol. The third-order valence-electron chi connectivity index (χ3n) is 7.32. The lowest BCUT2D eigenvalue weighted by atomic mass is 9.84. The van der Waals surface area contributed by atoms with Crippen LogP contribution in [-0.2, 0) is 30.3 Å². The monoisotopic (exact) mass is 602 g/mol. The number of benzene rings is 4. The van der Waals surface area contributed by atoms with Crippen LogP contribution in [0.15, 0.2) is 121 Å². The van der Waals surface area contributed by atoms with Gasteiger partial charge in [0.25, 0.3) is 0 Å². The van der Waals surface area contributed by atoms with Crippen molar-refractivity contribution in [3.8, 4) is 0 Å². The second-order valence-corrected chi connectivity index (χ2v) is 11.1. The Morgan fingerprint density at radius 3 is 1.21 bits per heavy atom. The van der Waals surface area contributed by atoms with Crippen molar-refractivity contribution in [1.82, 2.24) is 0 Å². The molecule has 0 radical (unpaired) electrons. The number of halogens is 2. The normalized spacial score (nSPS) is 15.7. The topological polar surface area (TPSA) is 105 Å². The maximum Gasteiger partial charge on any atom is 0.331 e. The van der Waals surface area contributed by atoms with Gasteiger partial charge >= 0.3 is 11.9 Å². The van der Waals surface area contributed by atoms with E-state index in [9.17, 15) is 9.59 Å². The van der Waals surface area contributed by atoms with E-state index in [-0.39, 0.29) is 0 Å². The van der Waals surface area contributed by atoms with Crippen molar-refractivity contribution in [2.24, 2.45) is 11.5 Å². The third-order valence-corrected chi connectivity index (χ3v) is 7.82. The second kappa shape index (κ2) is 13.4. The van der Waals surface area contributed by atoms with E-state index in [4.69, 9.17) is 44.1 Å². The highest BCUT2D eigenvalue weighted by molar-refractivity contribution is 6.30.